The number of rotatable bonds is 3. The molecule has 0 saturated heterocycles. The van der Waals surface area contributed by atoms with Gasteiger partial charge in [0.05, 0.1) is 30.5 Å². The molecule has 3 rings (SSSR count). The van der Waals surface area contributed by atoms with Crippen molar-refractivity contribution in [2.75, 3.05) is 12.4 Å². The summed E-state index contributed by atoms with van der Waals surface area (Å²) in [4.78, 5) is 0. The molecule has 0 radical (unpaired) electrons. The molecule has 1 aliphatic carbocycles. The maximum absolute atomic E-state index is 14.0. The largest absolute Gasteiger partial charge is 0.496 e. The molecule has 0 fully saturated rings. The van der Waals surface area contributed by atoms with Crippen LogP contribution in [0.1, 0.15) is 29.2 Å². The minimum absolute atomic E-state index is 0.0672. The van der Waals surface area contributed by atoms with Crippen LogP contribution in [0, 0.1) is 17.1 Å². The number of nitrogens with zero attached hydrogens (tertiary/aromatic N) is 1. The third kappa shape index (κ3) is 2.43. The molecule has 0 aromatic heterocycles. The quantitative estimate of drug-likeness (QED) is 0.931. The summed E-state index contributed by atoms with van der Waals surface area (Å²) >= 11 is 0. The summed E-state index contributed by atoms with van der Waals surface area (Å²) in [5.41, 5.74) is 3.09. The lowest BCUT2D eigenvalue weighted by atomic mass is 10.1. The average Bonchev–Trinajstić information content (AvgIpc) is 2.92. The maximum atomic E-state index is 14.0. The molecule has 2 aromatic rings. The number of hydrogen-bond donors (Lipinski definition) is 1. The lowest BCUT2D eigenvalue weighted by molar-refractivity contribution is 0.410. The Morgan fingerprint density at radius 1 is 1.33 bits per heavy atom. The number of halogens is 1. The van der Waals surface area contributed by atoms with E-state index in [1.54, 1.807) is 19.2 Å². The lowest BCUT2D eigenvalue weighted by Crippen LogP contribution is -2.08. The van der Waals surface area contributed by atoms with Crippen molar-refractivity contribution in [2.24, 2.45) is 0 Å². The number of ether oxygens (including phenoxy) is 1. The Labute approximate surface area is 123 Å². The van der Waals surface area contributed by atoms with Crippen molar-refractivity contribution in [3.05, 3.63) is 58.9 Å². The van der Waals surface area contributed by atoms with Crippen LogP contribution in [0.15, 0.2) is 36.4 Å². The van der Waals surface area contributed by atoms with Crippen LogP contribution in [0.5, 0.6) is 5.75 Å². The summed E-state index contributed by atoms with van der Waals surface area (Å²) in [5, 5.41) is 12.0. The highest BCUT2D eigenvalue weighted by atomic mass is 19.1. The second-order valence-electron chi connectivity index (χ2n) is 5.07. The molecular weight excluding hydrogens is 267 g/mol. The maximum Gasteiger partial charge on any atom is 0.147 e. The van der Waals surface area contributed by atoms with Gasteiger partial charge in [-0.15, -0.1) is 0 Å². The third-order valence-corrected chi connectivity index (χ3v) is 3.88. The second-order valence-corrected chi connectivity index (χ2v) is 5.07. The second kappa shape index (κ2) is 5.45. The summed E-state index contributed by atoms with van der Waals surface area (Å²) in [6.45, 7) is 0. The number of benzene rings is 2. The first-order valence-corrected chi connectivity index (χ1v) is 6.85. The van der Waals surface area contributed by atoms with Gasteiger partial charge in [-0.3, -0.25) is 0 Å². The first kappa shape index (κ1) is 13.4. The number of nitriles is 1. The SMILES string of the molecule is COc1cccc2c1CCC2Nc1ccc(C#N)cc1F. The van der Waals surface area contributed by atoms with E-state index in [1.807, 2.05) is 24.3 Å². The predicted octanol–water partition coefficient (Wildman–Crippen LogP) is 3.81. The number of nitrogens with one attached hydrogen (secondary N) is 1. The minimum atomic E-state index is -0.398. The van der Waals surface area contributed by atoms with Crippen LogP contribution < -0.4 is 10.1 Å². The van der Waals surface area contributed by atoms with Crippen LogP contribution in [0.25, 0.3) is 0 Å². The highest BCUT2D eigenvalue weighted by molar-refractivity contribution is 5.53. The highest BCUT2D eigenvalue weighted by Crippen LogP contribution is 2.38. The molecule has 1 N–H and O–H groups in total. The fourth-order valence-electron chi connectivity index (χ4n) is 2.85. The average molecular weight is 282 g/mol. The zero-order chi connectivity index (χ0) is 14.8. The first-order chi connectivity index (χ1) is 10.2. The van der Waals surface area contributed by atoms with Crippen LogP contribution in [0.3, 0.4) is 0 Å². The van der Waals surface area contributed by atoms with E-state index in [2.05, 4.69) is 5.32 Å². The van der Waals surface area contributed by atoms with Crippen molar-refractivity contribution in [2.45, 2.75) is 18.9 Å². The molecule has 0 aliphatic heterocycles. The molecule has 1 atom stereocenters. The van der Waals surface area contributed by atoms with Gasteiger partial charge in [0.25, 0.3) is 0 Å². The van der Waals surface area contributed by atoms with E-state index in [0.29, 0.717) is 11.3 Å². The molecule has 4 heteroatoms. The number of fused-ring (bicyclic) bond motifs is 1. The standard InChI is InChI=1S/C17H15FN2O/c1-21-17-4-2-3-12-13(17)6-8-15(12)20-16-7-5-11(10-19)9-14(16)18/h2-5,7,9,15,20H,6,8H2,1H3. The Hall–Kier alpha value is -2.54. The molecule has 2 aromatic carbocycles. The van der Waals surface area contributed by atoms with Gasteiger partial charge < -0.3 is 10.1 Å². The smallest absolute Gasteiger partial charge is 0.147 e. The van der Waals surface area contributed by atoms with Gasteiger partial charge in [0.15, 0.2) is 0 Å². The van der Waals surface area contributed by atoms with E-state index < -0.39 is 5.82 Å². The van der Waals surface area contributed by atoms with E-state index in [-0.39, 0.29) is 6.04 Å². The van der Waals surface area contributed by atoms with Gasteiger partial charge in [0.2, 0.25) is 0 Å². The molecule has 0 heterocycles. The van der Waals surface area contributed by atoms with Crippen molar-refractivity contribution >= 4 is 5.69 Å². The van der Waals surface area contributed by atoms with Crippen LogP contribution >= 0.6 is 0 Å². The van der Waals surface area contributed by atoms with Gasteiger partial charge in [-0.1, -0.05) is 12.1 Å². The number of hydrogen-bond acceptors (Lipinski definition) is 3. The van der Waals surface area contributed by atoms with E-state index in [4.69, 9.17) is 10.00 Å². The van der Waals surface area contributed by atoms with Crippen LogP contribution in [-0.4, -0.2) is 7.11 Å². The lowest BCUT2D eigenvalue weighted by Gasteiger charge is -2.16. The van der Waals surface area contributed by atoms with E-state index in [9.17, 15) is 4.39 Å². The summed E-state index contributed by atoms with van der Waals surface area (Å²) in [6.07, 6.45) is 1.81. The molecule has 1 aliphatic rings. The Morgan fingerprint density at radius 2 is 2.19 bits per heavy atom. The first-order valence-electron chi connectivity index (χ1n) is 6.85. The zero-order valence-corrected chi connectivity index (χ0v) is 11.7. The van der Waals surface area contributed by atoms with Gasteiger partial charge in [-0.05, 0) is 48.2 Å². The normalized spacial score (nSPS) is 16.1. The molecule has 106 valence electrons. The molecule has 3 nitrogen and oxygen atoms in total. The van der Waals surface area contributed by atoms with Crippen molar-refractivity contribution in [3.8, 4) is 11.8 Å². The van der Waals surface area contributed by atoms with Crippen molar-refractivity contribution in [1.82, 2.24) is 0 Å². The Kier molecular flexibility index (Phi) is 3.49. The van der Waals surface area contributed by atoms with Crippen molar-refractivity contribution < 1.29 is 9.13 Å². The predicted molar refractivity (Wildman–Crippen MR) is 78.8 cm³/mol. The topological polar surface area (TPSA) is 45.0 Å². The summed E-state index contributed by atoms with van der Waals surface area (Å²) in [5.74, 6) is 0.488. The van der Waals surface area contributed by atoms with E-state index >= 15 is 0 Å². The Bertz CT molecular complexity index is 721. The molecule has 0 spiro atoms. The number of anilines is 1. The third-order valence-electron chi connectivity index (χ3n) is 3.88. The summed E-state index contributed by atoms with van der Waals surface area (Å²) < 4.78 is 19.3. The summed E-state index contributed by atoms with van der Waals surface area (Å²) in [7, 11) is 1.66. The van der Waals surface area contributed by atoms with E-state index in [1.165, 1.54) is 11.6 Å². The van der Waals surface area contributed by atoms with Crippen LogP contribution in [0.2, 0.25) is 0 Å². The highest BCUT2D eigenvalue weighted by Gasteiger charge is 2.25. The number of methoxy groups -OCH3 is 1. The molecule has 0 amide bonds. The fourth-order valence-corrected chi connectivity index (χ4v) is 2.85. The van der Waals surface area contributed by atoms with Crippen molar-refractivity contribution in [3.63, 3.8) is 0 Å². The Balaban J connectivity index is 1.88. The van der Waals surface area contributed by atoms with Gasteiger partial charge in [0, 0.05) is 0 Å². The van der Waals surface area contributed by atoms with E-state index in [0.717, 1.165) is 24.2 Å². The Morgan fingerprint density at radius 3 is 2.90 bits per heavy atom. The fraction of sp³-hybridized carbons (Fsp3) is 0.235. The molecular formula is C17H15FN2O. The van der Waals surface area contributed by atoms with Crippen LogP contribution in [0.4, 0.5) is 10.1 Å². The molecule has 0 saturated carbocycles. The van der Waals surface area contributed by atoms with Gasteiger partial charge in [0.1, 0.15) is 11.6 Å². The van der Waals surface area contributed by atoms with Gasteiger partial charge in [-0.2, -0.15) is 5.26 Å². The minimum Gasteiger partial charge on any atom is -0.496 e. The van der Waals surface area contributed by atoms with Crippen molar-refractivity contribution in [1.29, 1.82) is 5.26 Å². The zero-order valence-electron chi connectivity index (χ0n) is 11.7. The van der Waals surface area contributed by atoms with Gasteiger partial charge >= 0.3 is 0 Å². The molecule has 21 heavy (non-hydrogen) atoms. The van der Waals surface area contributed by atoms with Gasteiger partial charge in [-0.25, -0.2) is 4.39 Å². The van der Waals surface area contributed by atoms with Crippen LogP contribution in [-0.2, 0) is 6.42 Å². The monoisotopic (exact) mass is 282 g/mol. The molecule has 0 bridgehead atoms. The molecule has 1 unspecified atom stereocenters. The summed E-state index contributed by atoms with van der Waals surface area (Å²) in [6, 6.07) is 12.4.